The topological polar surface area (TPSA) is 116 Å². The predicted octanol–water partition coefficient (Wildman–Crippen LogP) is 3.53. The molecule has 1 atom stereocenters. The van der Waals surface area contributed by atoms with Crippen LogP contribution in [0, 0.1) is 0 Å². The molecule has 0 spiro atoms. The van der Waals surface area contributed by atoms with Crippen molar-refractivity contribution in [1.82, 2.24) is 10.3 Å². The Morgan fingerprint density at radius 1 is 1.26 bits per heavy atom. The number of benzene rings is 1. The van der Waals surface area contributed by atoms with Gasteiger partial charge in [0.25, 0.3) is 0 Å². The third-order valence-electron chi connectivity index (χ3n) is 4.68. The van der Waals surface area contributed by atoms with Crippen molar-refractivity contribution in [2.24, 2.45) is 5.73 Å². The van der Waals surface area contributed by atoms with Crippen LogP contribution in [0.15, 0.2) is 36.5 Å². The van der Waals surface area contributed by atoms with Gasteiger partial charge in [0.05, 0.1) is 23.5 Å². The first kappa shape index (κ1) is 27.2. The number of halogens is 4. The molecule has 1 fully saturated rings. The van der Waals surface area contributed by atoms with Crippen LogP contribution in [0.4, 0.5) is 18.9 Å². The number of hydrogen-bond acceptors (Lipinski definition) is 6. The highest BCUT2D eigenvalue weighted by Gasteiger charge is 2.30. The lowest BCUT2D eigenvalue weighted by atomic mass is 10.1. The number of pyridine rings is 1. The number of hydrogen-bond donors (Lipinski definition) is 3. The highest BCUT2D eigenvalue weighted by atomic mass is 35.5. The lowest BCUT2D eigenvalue weighted by molar-refractivity contribution is -0.138. The Morgan fingerprint density at radius 2 is 2.03 bits per heavy atom. The average Bonchev–Trinajstić information content (AvgIpc) is 2.83. The third-order valence-corrected chi connectivity index (χ3v) is 4.92. The average molecular weight is 503 g/mol. The van der Waals surface area contributed by atoms with Gasteiger partial charge in [0.15, 0.2) is 0 Å². The summed E-state index contributed by atoms with van der Waals surface area (Å²) in [5, 5.41) is 6.55. The Kier molecular flexibility index (Phi) is 10.9. The first-order valence-corrected chi connectivity index (χ1v) is 10.9. The van der Waals surface area contributed by atoms with Crippen LogP contribution in [0.25, 0.3) is 0 Å². The number of amides is 2. The van der Waals surface area contributed by atoms with Crippen LogP contribution in [0.3, 0.4) is 0 Å². The molecule has 2 aliphatic rings. The van der Waals surface area contributed by atoms with Gasteiger partial charge in [0.2, 0.25) is 12.3 Å². The van der Waals surface area contributed by atoms with Crippen LogP contribution in [0.5, 0.6) is 5.75 Å². The van der Waals surface area contributed by atoms with Gasteiger partial charge < -0.3 is 25.8 Å². The van der Waals surface area contributed by atoms with Crippen LogP contribution in [-0.2, 0) is 27.0 Å². The van der Waals surface area contributed by atoms with Crippen molar-refractivity contribution >= 4 is 29.6 Å². The lowest BCUT2D eigenvalue weighted by Gasteiger charge is -2.21. The summed E-state index contributed by atoms with van der Waals surface area (Å²) in [6, 6.07) is 7.78. The van der Waals surface area contributed by atoms with E-state index < -0.39 is 17.8 Å². The Bertz CT molecular complexity index is 923. The van der Waals surface area contributed by atoms with E-state index in [1.54, 1.807) is 0 Å². The maximum Gasteiger partial charge on any atom is 0.417 e. The largest absolute Gasteiger partial charge is 0.490 e. The van der Waals surface area contributed by atoms with Crippen molar-refractivity contribution in [1.29, 1.82) is 0 Å². The zero-order valence-electron chi connectivity index (χ0n) is 18.2. The minimum atomic E-state index is -4.40. The summed E-state index contributed by atoms with van der Waals surface area (Å²) in [7, 11) is 0. The van der Waals surface area contributed by atoms with Crippen molar-refractivity contribution in [2.75, 3.05) is 25.1 Å². The SMILES string of the molecule is Clc1ccc2c(c1)NCCO2.NC=O.O=C(NCc1ccc(C(F)(F)F)cn1)C1CCCCO1. The predicted molar refractivity (Wildman–Crippen MR) is 120 cm³/mol. The van der Waals surface area contributed by atoms with Gasteiger partial charge in [-0.05, 0) is 49.6 Å². The van der Waals surface area contributed by atoms with E-state index in [0.29, 0.717) is 18.7 Å². The van der Waals surface area contributed by atoms with Gasteiger partial charge in [-0.3, -0.25) is 14.6 Å². The van der Waals surface area contributed by atoms with Gasteiger partial charge in [-0.25, -0.2) is 0 Å². The van der Waals surface area contributed by atoms with Gasteiger partial charge in [0, 0.05) is 24.4 Å². The minimum Gasteiger partial charge on any atom is -0.490 e. The van der Waals surface area contributed by atoms with Crippen LogP contribution >= 0.6 is 11.6 Å². The van der Waals surface area contributed by atoms with E-state index in [9.17, 15) is 18.0 Å². The summed E-state index contributed by atoms with van der Waals surface area (Å²) < 4.78 is 47.7. The van der Waals surface area contributed by atoms with Gasteiger partial charge in [-0.15, -0.1) is 0 Å². The van der Waals surface area contributed by atoms with Gasteiger partial charge in [-0.2, -0.15) is 13.2 Å². The lowest BCUT2D eigenvalue weighted by Crippen LogP contribution is -2.38. The molecule has 0 bridgehead atoms. The highest BCUT2D eigenvalue weighted by molar-refractivity contribution is 6.30. The normalized spacial score (nSPS) is 16.6. The molecule has 0 saturated carbocycles. The molecule has 1 aromatic heterocycles. The Hall–Kier alpha value is -3.05. The summed E-state index contributed by atoms with van der Waals surface area (Å²) in [6.45, 7) is 2.25. The van der Waals surface area contributed by atoms with Crippen molar-refractivity contribution in [3.05, 3.63) is 52.8 Å². The number of aromatic nitrogens is 1. The zero-order valence-corrected chi connectivity index (χ0v) is 19.0. The van der Waals surface area contributed by atoms with E-state index in [2.05, 4.69) is 21.4 Å². The molecule has 3 heterocycles. The van der Waals surface area contributed by atoms with E-state index in [1.807, 2.05) is 18.2 Å². The molecular weight excluding hydrogens is 477 g/mol. The number of fused-ring (bicyclic) bond motifs is 1. The fourth-order valence-electron chi connectivity index (χ4n) is 3.05. The molecular formula is C22H26ClF3N4O4. The molecule has 4 rings (SSSR count). The minimum absolute atomic E-state index is 0.0941. The molecule has 34 heavy (non-hydrogen) atoms. The second kappa shape index (κ2) is 13.6. The van der Waals surface area contributed by atoms with Gasteiger partial charge in [-0.1, -0.05) is 11.6 Å². The molecule has 186 valence electrons. The number of rotatable bonds is 3. The van der Waals surface area contributed by atoms with Crippen molar-refractivity contribution in [2.45, 2.75) is 38.1 Å². The molecule has 1 unspecified atom stereocenters. The summed E-state index contributed by atoms with van der Waals surface area (Å²) in [4.78, 5) is 24.0. The number of nitrogens with two attached hydrogens (primary N) is 1. The van der Waals surface area contributed by atoms with E-state index in [1.165, 1.54) is 6.07 Å². The standard InChI is InChI=1S/C13H15F3N2O2.C8H8ClNO.CH3NO/c14-13(15,16)9-4-5-10(17-7-9)8-18-12(19)11-3-1-2-6-20-11;9-6-1-2-8-7(5-6)10-3-4-11-8;2-1-3/h4-5,7,11H,1-3,6,8H2,(H,18,19);1-2,5,10H,3-4H2;1H,(H2,2,3). The molecule has 2 aromatic rings. The summed E-state index contributed by atoms with van der Waals surface area (Å²) >= 11 is 5.78. The monoisotopic (exact) mass is 502 g/mol. The van der Waals surface area contributed by atoms with E-state index in [0.717, 1.165) is 54.7 Å². The van der Waals surface area contributed by atoms with E-state index >= 15 is 0 Å². The Morgan fingerprint density at radius 3 is 2.65 bits per heavy atom. The Balaban J connectivity index is 0.000000243. The van der Waals surface area contributed by atoms with E-state index in [-0.39, 0.29) is 18.9 Å². The van der Waals surface area contributed by atoms with E-state index in [4.69, 9.17) is 25.9 Å². The molecule has 8 nitrogen and oxygen atoms in total. The summed E-state index contributed by atoms with van der Waals surface area (Å²) in [5.41, 5.74) is 4.73. The van der Waals surface area contributed by atoms with Crippen molar-refractivity contribution < 1.29 is 32.2 Å². The third kappa shape index (κ3) is 9.06. The number of primary amides is 1. The smallest absolute Gasteiger partial charge is 0.417 e. The van der Waals surface area contributed by atoms with Crippen LogP contribution in [-0.4, -0.2) is 43.2 Å². The first-order valence-electron chi connectivity index (χ1n) is 10.5. The first-order chi connectivity index (χ1) is 16.2. The summed E-state index contributed by atoms with van der Waals surface area (Å²) in [5.74, 6) is 0.645. The number of anilines is 1. The van der Waals surface area contributed by atoms with Crippen LogP contribution < -0.4 is 21.1 Å². The number of ether oxygens (including phenoxy) is 2. The fourth-order valence-corrected chi connectivity index (χ4v) is 3.22. The quantitative estimate of drug-likeness (QED) is 0.553. The number of nitrogens with zero attached hydrogens (tertiary/aromatic N) is 1. The highest BCUT2D eigenvalue weighted by Crippen LogP contribution is 2.30. The second-order valence-corrected chi connectivity index (χ2v) is 7.60. The van der Waals surface area contributed by atoms with Crippen LogP contribution in [0.1, 0.15) is 30.5 Å². The van der Waals surface area contributed by atoms with Gasteiger partial charge >= 0.3 is 6.18 Å². The fraction of sp³-hybridized carbons (Fsp3) is 0.409. The number of alkyl halides is 3. The molecule has 12 heteroatoms. The molecule has 1 saturated heterocycles. The van der Waals surface area contributed by atoms with Crippen molar-refractivity contribution in [3.63, 3.8) is 0 Å². The molecule has 0 aliphatic carbocycles. The Labute approximate surface area is 200 Å². The second-order valence-electron chi connectivity index (χ2n) is 7.16. The molecule has 1 aromatic carbocycles. The molecule has 2 aliphatic heterocycles. The summed E-state index contributed by atoms with van der Waals surface area (Å²) in [6.07, 6.45) is -1.28. The van der Waals surface area contributed by atoms with Crippen molar-refractivity contribution in [3.8, 4) is 5.75 Å². The van der Waals surface area contributed by atoms with Crippen LogP contribution in [0.2, 0.25) is 5.02 Å². The maximum atomic E-state index is 12.4. The number of nitrogens with one attached hydrogen (secondary N) is 2. The zero-order chi connectivity index (χ0) is 25.0. The molecule has 4 N–H and O–H groups in total. The number of carbonyl (C=O) groups excluding carboxylic acids is 2. The number of carbonyl (C=O) groups is 2. The molecule has 2 amide bonds. The maximum absolute atomic E-state index is 12.4. The van der Waals surface area contributed by atoms with Gasteiger partial charge in [0.1, 0.15) is 18.5 Å². The molecule has 0 radical (unpaired) electrons.